The van der Waals surface area contributed by atoms with Crippen molar-refractivity contribution in [3.05, 3.63) is 58.8 Å². The van der Waals surface area contributed by atoms with Crippen molar-refractivity contribution in [2.75, 3.05) is 31.1 Å². The predicted octanol–water partition coefficient (Wildman–Crippen LogP) is 4.62. The third-order valence-corrected chi connectivity index (χ3v) is 5.49. The summed E-state index contributed by atoms with van der Waals surface area (Å²) < 4.78 is 19.6. The Morgan fingerprint density at radius 3 is 2.77 bits per heavy atom. The number of rotatable bonds is 5. The first-order chi connectivity index (χ1) is 14.2. The van der Waals surface area contributed by atoms with E-state index in [1.807, 2.05) is 19.1 Å². The number of aromatic nitrogens is 3. The number of benzene rings is 1. The van der Waals surface area contributed by atoms with Gasteiger partial charge >= 0.3 is 0 Å². The van der Waals surface area contributed by atoms with Crippen molar-refractivity contribution < 1.29 is 8.91 Å². The zero-order valence-corrected chi connectivity index (χ0v) is 18.3. The van der Waals surface area contributed by atoms with E-state index >= 15 is 0 Å². The molecule has 4 rings (SSSR count). The average Bonchev–Trinajstić information content (AvgIpc) is 3.10. The van der Waals surface area contributed by atoms with Crippen LogP contribution in [0.2, 0.25) is 5.02 Å². The summed E-state index contributed by atoms with van der Waals surface area (Å²) in [7, 11) is 0. The summed E-state index contributed by atoms with van der Waals surface area (Å²) in [5, 5.41) is 4.48. The molecule has 3 heterocycles. The van der Waals surface area contributed by atoms with E-state index in [1.54, 1.807) is 18.3 Å². The Morgan fingerprint density at radius 2 is 2.00 bits per heavy atom. The van der Waals surface area contributed by atoms with Crippen LogP contribution >= 0.6 is 24.0 Å². The average molecular weight is 452 g/mol. The molecule has 160 valence electrons. The van der Waals surface area contributed by atoms with Gasteiger partial charge in [-0.25, -0.2) is 9.37 Å². The molecule has 0 spiro atoms. The summed E-state index contributed by atoms with van der Waals surface area (Å²) in [5.41, 5.74) is 1.39. The lowest BCUT2D eigenvalue weighted by atomic mass is 10.2. The number of halogens is 3. The molecule has 0 unspecified atom stereocenters. The molecule has 0 aliphatic carbocycles. The van der Waals surface area contributed by atoms with Crippen LogP contribution in [-0.2, 0) is 13.0 Å². The zero-order chi connectivity index (χ0) is 20.2. The van der Waals surface area contributed by atoms with Crippen molar-refractivity contribution >= 4 is 29.8 Å². The van der Waals surface area contributed by atoms with Crippen LogP contribution in [0.3, 0.4) is 0 Å². The Kier molecular flexibility index (Phi) is 7.64. The SMILES string of the molecule is CCc1noc(-c2cccnc2N2CCCN(Cc3c(F)cccc3Cl)CC2)n1.Cl. The van der Waals surface area contributed by atoms with E-state index in [0.29, 0.717) is 28.8 Å². The van der Waals surface area contributed by atoms with E-state index in [1.165, 1.54) is 6.07 Å². The Morgan fingerprint density at radius 1 is 1.13 bits per heavy atom. The van der Waals surface area contributed by atoms with Gasteiger partial charge in [0, 0.05) is 55.9 Å². The highest BCUT2D eigenvalue weighted by Crippen LogP contribution is 2.29. The molecule has 1 fully saturated rings. The van der Waals surface area contributed by atoms with Crippen LogP contribution in [0.25, 0.3) is 11.5 Å². The van der Waals surface area contributed by atoms with Gasteiger partial charge in [0.15, 0.2) is 5.82 Å². The first kappa shape index (κ1) is 22.5. The molecule has 0 N–H and O–H groups in total. The van der Waals surface area contributed by atoms with Crippen LogP contribution in [-0.4, -0.2) is 46.2 Å². The van der Waals surface area contributed by atoms with E-state index in [2.05, 4.69) is 24.9 Å². The third-order valence-electron chi connectivity index (χ3n) is 5.13. The molecule has 1 aliphatic heterocycles. The Balaban J connectivity index is 0.00000256. The van der Waals surface area contributed by atoms with Gasteiger partial charge in [-0.3, -0.25) is 4.90 Å². The van der Waals surface area contributed by atoms with Gasteiger partial charge in [-0.15, -0.1) is 12.4 Å². The lowest BCUT2D eigenvalue weighted by Crippen LogP contribution is -2.31. The fourth-order valence-electron chi connectivity index (χ4n) is 3.57. The molecule has 30 heavy (non-hydrogen) atoms. The summed E-state index contributed by atoms with van der Waals surface area (Å²) >= 11 is 6.21. The maximum Gasteiger partial charge on any atom is 0.261 e. The van der Waals surface area contributed by atoms with E-state index in [-0.39, 0.29) is 18.2 Å². The third kappa shape index (κ3) is 4.91. The second-order valence-corrected chi connectivity index (χ2v) is 7.47. The predicted molar refractivity (Wildman–Crippen MR) is 118 cm³/mol. The van der Waals surface area contributed by atoms with Crippen LogP contribution in [0.1, 0.15) is 24.7 Å². The van der Waals surface area contributed by atoms with E-state index in [0.717, 1.165) is 50.4 Å². The number of anilines is 1. The number of hydrogen-bond acceptors (Lipinski definition) is 6. The highest BCUT2D eigenvalue weighted by molar-refractivity contribution is 6.31. The van der Waals surface area contributed by atoms with Crippen LogP contribution in [0, 0.1) is 5.82 Å². The van der Waals surface area contributed by atoms with Gasteiger partial charge in [-0.05, 0) is 30.7 Å². The highest BCUT2D eigenvalue weighted by Gasteiger charge is 2.22. The lowest BCUT2D eigenvalue weighted by molar-refractivity contribution is 0.281. The minimum absolute atomic E-state index is 0. The van der Waals surface area contributed by atoms with Gasteiger partial charge in [0.1, 0.15) is 11.6 Å². The van der Waals surface area contributed by atoms with Crippen LogP contribution in [0.15, 0.2) is 41.1 Å². The summed E-state index contributed by atoms with van der Waals surface area (Å²) in [4.78, 5) is 13.5. The number of pyridine rings is 1. The number of aryl methyl sites for hydroxylation is 1. The van der Waals surface area contributed by atoms with Crippen molar-refractivity contribution in [2.24, 2.45) is 0 Å². The molecule has 1 saturated heterocycles. The first-order valence-electron chi connectivity index (χ1n) is 9.84. The van der Waals surface area contributed by atoms with Gasteiger partial charge in [0.2, 0.25) is 0 Å². The summed E-state index contributed by atoms with van der Waals surface area (Å²) in [5.74, 6) is 1.75. The van der Waals surface area contributed by atoms with Gasteiger partial charge in [-0.2, -0.15) is 4.98 Å². The molecular weight excluding hydrogens is 428 g/mol. The molecule has 0 radical (unpaired) electrons. The molecule has 0 atom stereocenters. The lowest BCUT2D eigenvalue weighted by Gasteiger charge is -2.24. The van der Waals surface area contributed by atoms with E-state index < -0.39 is 0 Å². The van der Waals surface area contributed by atoms with Crippen LogP contribution in [0.4, 0.5) is 10.2 Å². The summed E-state index contributed by atoms with van der Waals surface area (Å²) in [6, 6.07) is 8.66. The maximum atomic E-state index is 14.2. The first-order valence-corrected chi connectivity index (χ1v) is 10.2. The molecule has 3 aromatic rings. The monoisotopic (exact) mass is 451 g/mol. The van der Waals surface area contributed by atoms with E-state index in [4.69, 9.17) is 16.1 Å². The van der Waals surface area contributed by atoms with Crippen molar-refractivity contribution in [3.8, 4) is 11.5 Å². The minimum Gasteiger partial charge on any atom is -0.355 e. The standard InChI is InChI=1S/C21H23ClFN5O.ClH/c1-2-19-25-21(29-26-19)15-6-4-9-24-20(15)28-11-5-10-27(12-13-28)14-16-17(22)7-3-8-18(16)23;/h3-4,6-9H,2,5,10-14H2,1H3;1H. The van der Waals surface area contributed by atoms with Gasteiger partial charge in [0.25, 0.3) is 5.89 Å². The molecule has 0 amide bonds. The Labute approximate surface area is 186 Å². The Hall–Kier alpha value is -2.22. The molecule has 1 aromatic carbocycles. The quantitative estimate of drug-likeness (QED) is 0.563. The topological polar surface area (TPSA) is 58.3 Å². The zero-order valence-electron chi connectivity index (χ0n) is 16.7. The van der Waals surface area contributed by atoms with E-state index in [9.17, 15) is 4.39 Å². The molecular formula is C21H24Cl2FN5O. The summed E-state index contributed by atoms with van der Waals surface area (Å²) in [6.07, 6.45) is 3.43. The molecule has 9 heteroatoms. The van der Waals surface area contributed by atoms with Crippen molar-refractivity contribution in [1.29, 1.82) is 0 Å². The normalized spacial score (nSPS) is 15.0. The largest absolute Gasteiger partial charge is 0.355 e. The fourth-order valence-corrected chi connectivity index (χ4v) is 3.79. The van der Waals surface area contributed by atoms with Gasteiger partial charge < -0.3 is 9.42 Å². The molecule has 2 aromatic heterocycles. The number of hydrogen-bond donors (Lipinski definition) is 0. The minimum atomic E-state index is -0.256. The number of nitrogens with zero attached hydrogens (tertiary/aromatic N) is 5. The van der Waals surface area contributed by atoms with Crippen molar-refractivity contribution in [3.63, 3.8) is 0 Å². The van der Waals surface area contributed by atoms with Crippen LogP contribution in [0.5, 0.6) is 0 Å². The molecule has 6 nitrogen and oxygen atoms in total. The highest BCUT2D eigenvalue weighted by atomic mass is 35.5. The second-order valence-electron chi connectivity index (χ2n) is 7.06. The Bertz CT molecular complexity index is 963. The smallest absolute Gasteiger partial charge is 0.261 e. The van der Waals surface area contributed by atoms with Gasteiger partial charge in [-0.1, -0.05) is 29.7 Å². The molecule has 0 bridgehead atoms. The van der Waals surface area contributed by atoms with Crippen molar-refractivity contribution in [2.45, 2.75) is 26.3 Å². The molecule has 1 aliphatic rings. The van der Waals surface area contributed by atoms with Gasteiger partial charge in [0.05, 0.1) is 5.56 Å². The maximum absolute atomic E-state index is 14.2. The fraction of sp³-hybridized carbons (Fsp3) is 0.381. The van der Waals surface area contributed by atoms with Crippen LogP contribution < -0.4 is 4.90 Å². The molecule has 0 saturated carbocycles. The summed E-state index contributed by atoms with van der Waals surface area (Å²) in [6.45, 7) is 5.75. The second kappa shape index (κ2) is 10.2. The van der Waals surface area contributed by atoms with Crippen molar-refractivity contribution in [1.82, 2.24) is 20.0 Å².